The molecule has 0 unspecified atom stereocenters. The van der Waals surface area contributed by atoms with Crippen LogP contribution in [0.5, 0.6) is 0 Å². The lowest BCUT2D eigenvalue weighted by Crippen LogP contribution is -2.25. The summed E-state index contributed by atoms with van der Waals surface area (Å²) in [5.41, 5.74) is 1.75. The molecular weight excluding hydrogens is 330 g/mol. The molecule has 1 aromatic heterocycles. The fourth-order valence-corrected chi connectivity index (χ4v) is 5.42. The second-order valence-electron chi connectivity index (χ2n) is 6.06. The van der Waals surface area contributed by atoms with Gasteiger partial charge in [0.2, 0.25) is 0 Å². The normalized spacial score (nSPS) is 19.1. The number of rotatable bonds is 4. The van der Waals surface area contributed by atoms with Gasteiger partial charge in [-0.15, -0.1) is 11.8 Å². The van der Waals surface area contributed by atoms with Crippen LogP contribution in [0.25, 0.3) is 10.9 Å². The second kappa shape index (κ2) is 6.57. The van der Waals surface area contributed by atoms with E-state index in [4.69, 9.17) is 0 Å². The summed E-state index contributed by atoms with van der Waals surface area (Å²) in [5, 5.41) is 3.78. The largest absolute Gasteiger partial charge is 0.350 e. The Morgan fingerprint density at radius 3 is 2.55 bits per heavy atom. The summed E-state index contributed by atoms with van der Waals surface area (Å²) in [6, 6.07) is 10.8. The third kappa shape index (κ3) is 3.25. The van der Waals surface area contributed by atoms with Crippen molar-refractivity contribution in [3.63, 3.8) is 0 Å². The van der Waals surface area contributed by atoms with Crippen LogP contribution >= 0.6 is 27.7 Å². The average Bonchev–Trinajstić information content (AvgIpc) is 2.75. The highest BCUT2D eigenvalue weighted by molar-refractivity contribution is 9.09. The van der Waals surface area contributed by atoms with E-state index in [0.29, 0.717) is 5.41 Å². The summed E-state index contributed by atoms with van der Waals surface area (Å²) in [5.74, 6) is 1.23. The van der Waals surface area contributed by atoms with Gasteiger partial charge in [-0.2, -0.15) is 0 Å². The number of benzene rings is 1. The standard InChI is InChI=1S/C17H22BrNS/c18-12-17(9-5-1-2-6-10-17)13-20-16-11-14-7-3-4-8-15(14)19-16/h3-4,7-8,11,19H,1-2,5-6,9-10,12-13H2. The Labute approximate surface area is 134 Å². The van der Waals surface area contributed by atoms with Crippen molar-refractivity contribution in [2.24, 2.45) is 5.41 Å². The van der Waals surface area contributed by atoms with E-state index in [1.807, 2.05) is 11.8 Å². The maximum Gasteiger partial charge on any atom is 0.0732 e. The second-order valence-corrected chi connectivity index (χ2v) is 7.64. The van der Waals surface area contributed by atoms with E-state index in [1.54, 1.807) is 0 Å². The highest BCUT2D eigenvalue weighted by atomic mass is 79.9. The topological polar surface area (TPSA) is 15.8 Å². The van der Waals surface area contributed by atoms with Crippen LogP contribution in [0.3, 0.4) is 0 Å². The molecule has 0 spiro atoms. The number of hydrogen-bond acceptors (Lipinski definition) is 1. The Morgan fingerprint density at radius 2 is 1.85 bits per heavy atom. The molecule has 1 fully saturated rings. The quantitative estimate of drug-likeness (QED) is 0.406. The molecule has 3 heteroatoms. The maximum absolute atomic E-state index is 3.79. The number of fused-ring (bicyclic) bond motifs is 1. The first-order valence-corrected chi connectivity index (χ1v) is 9.69. The summed E-state index contributed by atoms with van der Waals surface area (Å²) in [6.07, 6.45) is 8.41. The molecule has 1 aliphatic rings. The van der Waals surface area contributed by atoms with Crippen molar-refractivity contribution in [2.45, 2.75) is 43.6 Å². The predicted molar refractivity (Wildman–Crippen MR) is 93.0 cm³/mol. The zero-order chi connectivity index (χ0) is 13.8. The van der Waals surface area contributed by atoms with Gasteiger partial charge in [0.15, 0.2) is 0 Å². The summed E-state index contributed by atoms with van der Waals surface area (Å²) in [4.78, 5) is 3.54. The minimum absolute atomic E-state index is 0.498. The summed E-state index contributed by atoms with van der Waals surface area (Å²) in [6.45, 7) is 0. The zero-order valence-corrected chi connectivity index (χ0v) is 14.2. The fourth-order valence-electron chi connectivity index (χ4n) is 3.15. The number of hydrogen-bond donors (Lipinski definition) is 1. The van der Waals surface area contributed by atoms with E-state index in [2.05, 4.69) is 51.2 Å². The van der Waals surface area contributed by atoms with Gasteiger partial charge < -0.3 is 4.98 Å². The molecule has 1 nitrogen and oxygen atoms in total. The SMILES string of the molecule is BrCC1(CSc2cc3ccccc3[nH]2)CCCCCC1. The van der Waals surface area contributed by atoms with Crippen molar-refractivity contribution in [2.75, 3.05) is 11.1 Å². The molecule has 0 radical (unpaired) electrons. The van der Waals surface area contributed by atoms with E-state index in [9.17, 15) is 0 Å². The van der Waals surface area contributed by atoms with Gasteiger partial charge in [0.05, 0.1) is 5.03 Å². The van der Waals surface area contributed by atoms with Gasteiger partial charge in [0.1, 0.15) is 0 Å². The van der Waals surface area contributed by atoms with Crippen molar-refractivity contribution in [1.82, 2.24) is 4.98 Å². The van der Waals surface area contributed by atoms with Crippen LogP contribution in [-0.2, 0) is 0 Å². The molecule has 1 aliphatic carbocycles. The van der Waals surface area contributed by atoms with E-state index < -0.39 is 0 Å². The Balaban J connectivity index is 1.70. The maximum atomic E-state index is 3.79. The number of nitrogens with one attached hydrogen (secondary N) is 1. The number of H-pyrrole nitrogens is 1. The molecule has 0 amide bonds. The number of para-hydroxylation sites is 1. The van der Waals surface area contributed by atoms with E-state index in [1.165, 1.54) is 60.2 Å². The lowest BCUT2D eigenvalue weighted by atomic mass is 9.85. The molecular formula is C17H22BrNS. The molecule has 2 aromatic rings. The van der Waals surface area contributed by atoms with Gasteiger partial charge in [-0.05, 0) is 30.4 Å². The first kappa shape index (κ1) is 14.5. The minimum atomic E-state index is 0.498. The number of aromatic nitrogens is 1. The van der Waals surface area contributed by atoms with Crippen LogP contribution in [0.4, 0.5) is 0 Å². The Morgan fingerprint density at radius 1 is 1.10 bits per heavy atom. The highest BCUT2D eigenvalue weighted by Gasteiger charge is 2.30. The molecule has 1 heterocycles. The zero-order valence-electron chi connectivity index (χ0n) is 11.8. The molecule has 1 N–H and O–H groups in total. The summed E-state index contributed by atoms with van der Waals surface area (Å²) >= 11 is 5.79. The van der Waals surface area contributed by atoms with Gasteiger partial charge in [0.25, 0.3) is 0 Å². The van der Waals surface area contributed by atoms with Crippen LogP contribution in [0.15, 0.2) is 35.4 Å². The third-order valence-corrected chi connectivity index (χ3v) is 6.96. The smallest absolute Gasteiger partial charge is 0.0732 e. The Hall–Kier alpha value is -0.410. The van der Waals surface area contributed by atoms with Crippen molar-refractivity contribution in [3.8, 4) is 0 Å². The molecule has 0 aliphatic heterocycles. The van der Waals surface area contributed by atoms with E-state index in [0.717, 1.165) is 5.33 Å². The van der Waals surface area contributed by atoms with E-state index >= 15 is 0 Å². The molecule has 1 aromatic carbocycles. The Kier molecular flexibility index (Phi) is 4.77. The van der Waals surface area contributed by atoms with Crippen LogP contribution in [-0.4, -0.2) is 16.1 Å². The number of halogens is 1. The number of thioether (sulfide) groups is 1. The lowest BCUT2D eigenvalue weighted by molar-refractivity contribution is 0.334. The lowest BCUT2D eigenvalue weighted by Gasteiger charge is -2.30. The van der Waals surface area contributed by atoms with E-state index in [-0.39, 0.29) is 0 Å². The Bertz CT molecular complexity index is 522. The summed E-state index contributed by atoms with van der Waals surface area (Å²) < 4.78 is 0. The minimum Gasteiger partial charge on any atom is -0.350 e. The first-order valence-electron chi connectivity index (χ1n) is 7.58. The average molecular weight is 352 g/mol. The summed E-state index contributed by atoms with van der Waals surface area (Å²) in [7, 11) is 0. The van der Waals surface area contributed by atoms with Crippen LogP contribution < -0.4 is 0 Å². The van der Waals surface area contributed by atoms with Crippen LogP contribution in [0.2, 0.25) is 0 Å². The molecule has 1 saturated carbocycles. The third-order valence-electron chi connectivity index (χ3n) is 4.49. The van der Waals surface area contributed by atoms with Crippen molar-refractivity contribution < 1.29 is 0 Å². The molecule has 20 heavy (non-hydrogen) atoms. The molecule has 0 saturated heterocycles. The highest BCUT2D eigenvalue weighted by Crippen LogP contribution is 2.41. The van der Waals surface area contributed by atoms with Crippen molar-refractivity contribution in [1.29, 1.82) is 0 Å². The predicted octanol–water partition coefficient (Wildman–Crippen LogP) is 6.00. The van der Waals surface area contributed by atoms with Gasteiger partial charge in [-0.1, -0.05) is 59.8 Å². The fraction of sp³-hybridized carbons (Fsp3) is 0.529. The molecule has 0 atom stereocenters. The van der Waals surface area contributed by atoms with Gasteiger partial charge in [0, 0.05) is 22.0 Å². The van der Waals surface area contributed by atoms with Crippen LogP contribution in [0, 0.1) is 5.41 Å². The number of alkyl halides is 1. The monoisotopic (exact) mass is 351 g/mol. The molecule has 0 bridgehead atoms. The van der Waals surface area contributed by atoms with Gasteiger partial charge in [-0.25, -0.2) is 0 Å². The van der Waals surface area contributed by atoms with Crippen molar-refractivity contribution in [3.05, 3.63) is 30.3 Å². The molecule has 108 valence electrons. The number of aromatic amines is 1. The van der Waals surface area contributed by atoms with Crippen molar-refractivity contribution >= 4 is 38.6 Å². The molecule has 3 rings (SSSR count). The van der Waals surface area contributed by atoms with Gasteiger partial charge in [-0.3, -0.25) is 0 Å². The van der Waals surface area contributed by atoms with Gasteiger partial charge >= 0.3 is 0 Å². The van der Waals surface area contributed by atoms with Crippen LogP contribution in [0.1, 0.15) is 38.5 Å². The first-order chi connectivity index (χ1) is 9.81.